The van der Waals surface area contributed by atoms with E-state index in [1.54, 1.807) is 24.8 Å². The molecule has 0 radical (unpaired) electrons. The Morgan fingerprint density at radius 3 is 2.55 bits per heavy atom. The number of hydrogen-bond donors (Lipinski definition) is 1. The van der Waals surface area contributed by atoms with Crippen LogP contribution in [0.15, 0.2) is 49.3 Å². The van der Waals surface area contributed by atoms with E-state index in [0.29, 0.717) is 11.6 Å². The fourth-order valence-corrected chi connectivity index (χ4v) is 3.66. The van der Waals surface area contributed by atoms with Gasteiger partial charge in [-0.15, -0.1) is 0 Å². The molecule has 1 aliphatic carbocycles. The summed E-state index contributed by atoms with van der Waals surface area (Å²) < 4.78 is 2.02. The molecule has 0 bridgehead atoms. The van der Waals surface area contributed by atoms with Crippen molar-refractivity contribution < 1.29 is 4.79 Å². The molecule has 3 heterocycles. The molecule has 0 aliphatic heterocycles. The Bertz CT molecular complexity index is 945. The van der Waals surface area contributed by atoms with Gasteiger partial charge in [-0.3, -0.25) is 19.4 Å². The molecule has 3 aromatic rings. The number of pyridine rings is 1. The number of carbonyl (C=O) groups is 1. The molecule has 1 N–H and O–H groups in total. The Morgan fingerprint density at radius 2 is 1.90 bits per heavy atom. The fraction of sp³-hybridized carbons (Fsp3) is 0.381. The Kier molecular flexibility index (Phi) is 5.50. The first-order valence-electron chi connectivity index (χ1n) is 9.85. The highest BCUT2D eigenvalue weighted by atomic mass is 16.1. The highest BCUT2D eigenvalue weighted by molar-refractivity contribution is 5.94. The first kappa shape index (κ1) is 19.0. The highest BCUT2D eigenvalue weighted by Gasteiger charge is 2.24. The summed E-state index contributed by atoms with van der Waals surface area (Å²) >= 11 is 0. The smallest absolute Gasteiger partial charge is 0.253 e. The maximum absolute atomic E-state index is 12.5. The van der Waals surface area contributed by atoms with Crippen molar-refractivity contribution in [2.75, 3.05) is 19.0 Å². The minimum absolute atomic E-state index is 0.0599. The molecule has 0 spiro atoms. The first-order valence-corrected chi connectivity index (χ1v) is 9.85. The third kappa shape index (κ3) is 4.42. The van der Waals surface area contributed by atoms with Gasteiger partial charge in [0.25, 0.3) is 5.91 Å². The van der Waals surface area contributed by atoms with E-state index >= 15 is 0 Å². The van der Waals surface area contributed by atoms with Gasteiger partial charge < -0.3 is 10.2 Å². The van der Waals surface area contributed by atoms with Gasteiger partial charge >= 0.3 is 0 Å². The predicted molar refractivity (Wildman–Crippen MR) is 111 cm³/mol. The van der Waals surface area contributed by atoms with Crippen LogP contribution in [-0.2, 0) is 0 Å². The summed E-state index contributed by atoms with van der Waals surface area (Å²) in [6.45, 7) is 0. The topological polar surface area (TPSA) is 88.8 Å². The molecule has 1 saturated carbocycles. The van der Waals surface area contributed by atoms with Crippen LogP contribution in [-0.4, -0.2) is 50.8 Å². The van der Waals surface area contributed by atoms with Gasteiger partial charge in [0.15, 0.2) is 0 Å². The normalized spacial score (nSPS) is 19.0. The van der Waals surface area contributed by atoms with Crippen LogP contribution in [0, 0.1) is 0 Å². The van der Waals surface area contributed by atoms with Crippen LogP contribution in [0.3, 0.4) is 0 Å². The van der Waals surface area contributed by atoms with Gasteiger partial charge in [-0.05, 0) is 37.8 Å². The molecule has 0 aromatic carbocycles. The Labute approximate surface area is 170 Å². The molecule has 29 heavy (non-hydrogen) atoms. The second-order valence-electron chi connectivity index (χ2n) is 7.58. The van der Waals surface area contributed by atoms with Crippen molar-refractivity contribution in [3.05, 3.63) is 54.9 Å². The zero-order valence-corrected chi connectivity index (χ0v) is 16.7. The number of rotatable bonds is 5. The third-order valence-electron chi connectivity index (χ3n) is 5.33. The molecule has 4 rings (SSSR count). The number of hydrogen-bond acceptors (Lipinski definition) is 6. The van der Waals surface area contributed by atoms with Crippen molar-refractivity contribution in [3.63, 3.8) is 0 Å². The van der Waals surface area contributed by atoms with E-state index in [-0.39, 0.29) is 11.9 Å². The van der Waals surface area contributed by atoms with E-state index in [4.69, 9.17) is 0 Å². The van der Waals surface area contributed by atoms with Gasteiger partial charge in [0, 0.05) is 50.5 Å². The monoisotopic (exact) mass is 391 g/mol. The van der Waals surface area contributed by atoms with Crippen molar-refractivity contribution in [1.29, 1.82) is 0 Å². The SMILES string of the molecule is CN(C)c1ccc(C(=O)NC2CCC(n3cc(-c4cnccn4)cn3)CC2)cn1. The van der Waals surface area contributed by atoms with Gasteiger partial charge in [0.05, 0.1) is 29.7 Å². The summed E-state index contributed by atoms with van der Waals surface area (Å²) in [6, 6.07) is 4.20. The lowest BCUT2D eigenvalue weighted by Gasteiger charge is -2.29. The number of nitrogens with zero attached hydrogens (tertiary/aromatic N) is 6. The number of anilines is 1. The van der Waals surface area contributed by atoms with E-state index in [2.05, 4.69) is 25.4 Å². The Hall–Kier alpha value is -3.29. The standard InChI is InChI=1S/C21H25N7O/c1-27(2)20-8-3-15(11-24-20)21(29)26-17-4-6-18(7-5-17)28-14-16(12-25-28)19-13-22-9-10-23-19/h3,8-14,17-18H,4-7H2,1-2H3,(H,26,29). The fourth-order valence-electron chi connectivity index (χ4n) is 3.66. The summed E-state index contributed by atoms with van der Waals surface area (Å²) in [4.78, 5) is 27.2. The summed E-state index contributed by atoms with van der Waals surface area (Å²) in [5.74, 6) is 0.775. The number of amides is 1. The van der Waals surface area contributed by atoms with E-state index in [1.165, 1.54) is 0 Å². The van der Waals surface area contributed by atoms with Crippen LogP contribution in [0.2, 0.25) is 0 Å². The number of carbonyl (C=O) groups excluding carboxylic acids is 1. The lowest BCUT2D eigenvalue weighted by atomic mass is 9.91. The summed E-state index contributed by atoms with van der Waals surface area (Å²) in [7, 11) is 3.85. The van der Waals surface area contributed by atoms with Gasteiger partial charge in [-0.1, -0.05) is 0 Å². The molecule has 0 saturated heterocycles. The number of aromatic nitrogens is 5. The molecule has 1 fully saturated rings. The lowest BCUT2D eigenvalue weighted by Crippen LogP contribution is -2.38. The quantitative estimate of drug-likeness (QED) is 0.719. The average molecular weight is 391 g/mol. The number of nitrogens with one attached hydrogen (secondary N) is 1. The second kappa shape index (κ2) is 8.38. The zero-order valence-electron chi connectivity index (χ0n) is 16.7. The molecule has 8 heteroatoms. The molecule has 1 amide bonds. The van der Waals surface area contributed by atoms with E-state index in [1.807, 2.05) is 48.2 Å². The highest BCUT2D eigenvalue weighted by Crippen LogP contribution is 2.29. The molecule has 3 aromatic heterocycles. The van der Waals surface area contributed by atoms with Crippen molar-refractivity contribution >= 4 is 11.7 Å². The maximum atomic E-state index is 12.5. The van der Waals surface area contributed by atoms with Gasteiger partial charge in [0.2, 0.25) is 0 Å². The van der Waals surface area contributed by atoms with Crippen LogP contribution in [0.5, 0.6) is 0 Å². The molecule has 0 unspecified atom stereocenters. The average Bonchev–Trinajstić information content (AvgIpc) is 3.25. The molecular formula is C21H25N7O. The maximum Gasteiger partial charge on any atom is 0.253 e. The van der Waals surface area contributed by atoms with Crippen molar-refractivity contribution in [2.45, 2.75) is 37.8 Å². The van der Waals surface area contributed by atoms with Gasteiger partial charge in [-0.25, -0.2) is 4.98 Å². The van der Waals surface area contributed by atoms with Crippen molar-refractivity contribution in [3.8, 4) is 11.3 Å². The lowest BCUT2D eigenvalue weighted by molar-refractivity contribution is 0.0921. The first-order chi connectivity index (χ1) is 14.1. The molecule has 0 atom stereocenters. The molecule has 1 aliphatic rings. The van der Waals surface area contributed by atoms with Crippen LogP contribution >= 0.6 is 0 Å². The van der Waals surface area contributed by atoms with E-state index < -0.39 is 0 Å². The Morgan fingerprint density at radius 1 is 1.07 bits per heavy atom. The zero-order chi connectivity index (χ0) is 20.2. The van der Waals surface area contributed by atoms with E-state index in [0.717, 1.165) is 42.8 Å². The third-order valence-corrected chi connectivity index (χ3v) is 5.33. The largest absolute Gasteiger partial charge is 0.363 e. The predicted octanol–water partition coefficient (Wildman–Crippen LogP) is 2.71. The van der Waals surface area contributed by atoms with Gasteiger partial charge in [0.1, 0.15) is 5.82 Å². The van der Waals surface area contributed by atoms with Crippen LogP contribution in [0.25, 0.3) is 11.3 Å². The molecule has 8 nitrogen and oxygen atoms in total. The minimum atomic E-state index is -0.0599. The summed E-state index contributed by atoms with van der Waals surface area (Å²) in [6.07, 6.45) is 14.4. The van der Waals surface area contributed by atoms with E-state index in [9.17, 15) is 4.79 Å². The summed E-state index contributed by atoms with van der Waals surface area (Å²) in [5.41, 5.74) is 2.40. The van der Waals surface area contributed by atoms with Crippen LogP contribution in [0.4, 0.5) is 5.82 Å². The minimum Gasteiger partial charge on any atom is -0.363 e. The summed E-state index contributed by atoms with van der Waals surface area (Å²) in [5, 5.41) is 7.67. The van der Waals surface area contributed by atoms with Crippen LogP contribution in [0.1, 0.15) is 42.1 Å². The van der Waals surface area contributed by atoms with Crippen molar-refractivity contribution in [1.82, 2.24) is 30.0 Å². The van der Waals surface area contributed by atoms with Crippen molar-refractivity contribution in [2.24, 2.45) is 0 Å². The Balaban J connectivity index is 1.31. The molecular weight excluding hydrogens is 366 g/mol. The molecule has 150 valence electrons. The second-order valence-corrected chi connectivity index (χ2v) is 7.58. The van der Waals surface area contributed by atoms with Gasteiger partial charge in [-0.2, -0.15) is 5.10 Å². The van der Waals surface area contributed by atoms with Crippen LogP contribution < -0.4 is 10.2 Å².